The lowest BCUT2D eigenvalue weighted by Crippen LogP contribution is -2.35. The van der Waals surface area contributed by atoms with Crippen molar-refractivity contribution in [2.45, 2.75) is 24.0 Å². The number of hydrogen-bond acceptors (Lipinski definition) is 4. The minimum absolute atomic E-state index is 0.172. The van der Waals surface area contributed by atoms with Gasteiger partial charge in [-0.2, -0.15) is 17.5 Å². The van der Waals surface area contributed by atoms with Gasteiger partial charge in [-0.3, -0.25) is 4.90 Å². The van der Waals surface area contributed by atoms with E-state index in [1.807, 2.05) is 24.3 Å². The molecule has 10 heteroatoms. The Morgan fingerprint density at radius 3 is 2.37 bits per heavy atom. The smallest absolute Gasteiger partial charge is 0.416 e. The summed E-state index contributed by atoms with van der Waals surface area (Å²) in [5.41, 5.74) is 0.0226. The minimum atomic E-state index is -4.65. The Kier molecular flexibility index (Phi) is 6.96. The van der Waals surface area contributed by atoms with Crippen molar-refractivity contribution in [2.24, 2.45) is 0 Å². The lowest BCUT2D eigenvalue weighted by Gasteiger charge is -2.22. The topological polar surface area (TPSA) is 49.9 Å². The zero-order chi connectivity index (χ0) is 21.9. The molecule has 0 bridgehead atoms. The predicted octanol–water partition coefficient (Wildman–Crippen LogP) is 4.26. The molecule has 0 amide bonds. The lowest BCUT2D eigenvalue weighted by molar-refractivity contribution is -0.137. The number of rotatable bonds is 5. The molecule has 1 aliphatic rings. The lowest BCUT2D eigenvalue weighted by atomic mass is 10.2. The summed E-state index contributed by atoms with van der Waals surface area (Å²) in [6.07, 6.45) is -4.09. The van der Waals surface area contributed by atoms with Crippen LogP contribution in [0.2, 0.25) is 5.02 Å². The zero-order valence-electron chi connectivity index (χ0n) is 16.3. The molecule has 164 valence electrons. The molecule has 1 aliphatic heterocycles. The van der Waals surface area contributed by atoms with Crippen molar-refractivity contribution in [1.82, 2.24) is 9.21 Å². The molecule has 2 aromatic carbocycles. The highest BCUT2D eigenvalue weighted by atomic mass is 35.5. The van der Waals surface area contributed by atoms with Crippen molar-refractivity contribution in [3.8, 4) is 5.75 Å². The van der Waals surface area contributed by atoms with Crippen LogP contribution in [0.5, 0.6) is 5.75 Å². The van der Waals surface area contributed by atoms with Crippen molar-refractivity contribution in [1.29, 1.82) is 0 Å². The van der Waals surface area contributed by atoms with Crippen LogP contribution in [-0.4, -0.2) is 50.9 Å². The van der Waals surface area contributed by atoms with Gasteiger partial charge in [-0.15, -0.1) is 0 Å². The summed E-state index contributed by atoms with van der Waals surface area (Å²) in [4.78, 5) is 1.60. The molecule has 0 unspecified atom stereocenters. The number of hydrogen-bond donors (Lipinski definition) is 0. The van der Waals surface area contributed by atoms with E-state index in [1.165, 1.54) is 4.31 Å². The second kappa shape index (κ2) is 9.13. The fourth-order valence-corrected chi connectivity index (χ4v) is 5.32. The Hall–Kier alpha value is -1.81. The number of benzene rings is 2. The number of nitrogens with zero attached hydrogens (tertiary/aromatic N) is 2. The number of ether oxygens (including phenoxy) is 1. The van der Waals surface area contributed by atoms with Gasteiger partial charge in [0.25, 0.3) is 0 Å². The maximum Gasteiger partial charge on any atom is 0.416 e. The first-order valence-electron chi connectivity index (χ1n) is 9.33. The molecule has 5 nitrogen and oxygen atoms in total. The van der Waals surface area contributed by atoms with Crippen LogP contribution in [0.4, 0.5) is 13.2 Å². The molecule has 0 N–H and O–H groups in total. The second-order valence-electron chi connectivity index (χ2n) is 7.02. The monoisotopic (exact) mass is 462 g/mol. The molecular weight excluding hydrogens is 441 g/mol. The molecule has 0 spiro atoms. The zero-order valence-corrected chi connectivity index (χ0v) is 17.9. The third-order valence-electron chi connectivity index (χ3n) is 4.99. The van der Waals surface area contributed by atoms with Gasteiger partial charge < -0.3 is 4.74 Å². The summed E-state index contributed by atoms with van der Waals surface area (Å²) in [5, 5.41) is -0.220. The van der Waals surface area contributed by atoms with Crippen LogP contribution in [0.3, 0.4) is 0 Å². The first-order valence-corrected chi connectivity index (χ1v) is 11.2. The summed E-state index contributed by atoms with van der Waals surface area (Å²) in [6, 6.07) is 9.98. The largest absolute Gasteiger partial charge is 0.497 e. The molecule has 0 saturated carbocycles. The standard InChI is InChI=1S/C20H22ClF3N2O3S/c1-29-17-6-3-15(4-7-17)14-25-9-2-10-26(12-11-25)30(27,28)19-13-16(20(22,23)24)5-8-18(19)21/h3-8,13H,2,9-12,14H2,1H3. The molecular formula is C20H22ClF3N2O3S. The average Bonchev–Trinajstić information content (AvgIpc) is 2.94. The van der Waals surface area contributed by atoms with Crippen LogP contribution < -0.4 is 4.74 Å². The first-order chi connectivity index (χ1) is 14.1. The van der Waals surface area contributed by atoms with Crippen molar-refractivity contribution in [3.05, 3.63) is 58.6 Å². The highest BCUT2D eigenvalue weighted by molar-refractivity contribution is 7.89. The van der Waals surface area contributed by atoms with E-state index in [-0.39, 0.29) is 18.1 Å². The van der Waals surface area contributed by atoms with Crippen molar-refractivity contribution in [2.75, 3.05) is 33.3 Å². The normalized spacial score (nSPS) is 17.0. The maximum absolute atomic E-state index is 13.0. The summed E-state index contributed by atoms with van der Waals surface area (Å²) in [7, 11) is -2.55. The SMILES string of the molecule is COc1ccc(CN2CCCN(S(=O)(=O)c3cc(C(F)(F)F)ccc3Cl)CC2)cc1. The molecule has 0 aliphatic carbocycles. The highest BCUT2D eigenvalue weighted by Gasteiger charge is 2.35. The third kappa shape index (κ3) is 5.26. The predicted molar refractivity (Wildman–Crippen MR) is 108 cm³/mol. The molecule has 1 heterocycles. The molecule has 30 heavy (non-hydrogen) atoms. The van der Waals surface area contributed by atoms with Crippen LogP contribution in [0.25, 0.3) is 0 Å². The fraction of sp³-hybridized carbons (Fsp3) is 0.400. The van der Waals surface area contributed by atoms with Crippen LogP contribution in [0.1, 0.15) is 17.5 Å². The quantitative estimate of drug-likeness (QED) is 0.666. The van der Waals surface area contributed by atoms with E-state index < -0.39 is 26.7 Å². The van der Waals surface area contributed by atoms with Gasteiger partial charge in [-0.25, -0.2) is 8.42 Å². The third-order valence-corrected chi connectivity index (χ3v) is 7.37. The molecule has 3 rings (SSSR count). The minimum Gasteiger partial charge on any atom is -0.497 e. The molecule has 0 radical (unpaired) electrons. The van der Waals surface area contributed by atoms with Gasteiger partial charge in [0, 0.05) is 26.2 Å². The van der Waals surface area contributed by atoms with Gasteiger partial charge in [-0.1, -0.05) is 23.7 Å². The molecule has 0 aromatic heterocycles. The van der Waals surface area contributed by atoms with Gasteiger partial charge >= 0.3 is 6.18 Å². The maximum atomic E-state index is 13.0. The van der Waals surface area contributed by atoms with Gasteiger partial charge in [0.05, 0.1) is 17.7 Å². The number of methoxy groups -OCH3 is 1. The molecule has 0 atom stereocenters. The van der Waals surface area contributed by atoms with Crippen molar-refractivity contribution in [3.63, 3.8) is 0 Å². The Balaban J connectivity index is 1.74. The van der Waals surface area contributed by atoms with Crippen LogP contribution in [0.15, 0.2) is 47.4 Å². The average molecular weight is 463 g/mol. The first kappa shape index (κ1) is 22.9. The van der Waals surface area contributed by atoms with Gasteiger partial charge in [0.15, 0.2) is 0 Å². The Labute approximate surface area is 179 Å². The number of sulfonamides is 1. The van der Waals surface area contributed by atoms with E-state index in [2.05, 4.69) is 4.90 Å². The van der Waals surface area contributed by atoms with Crippen molar-refractivity contribution < 1.29 is 26.3 Å². The van der Waals surface area contributed by atoms with E-state index >= 15 is 0 Å². The summed E-state index contributed by atoms with van der Waals surface area (Å²) in [5.74, 6) is 0.754. The molecule has 1 fully saturated rings. The van der Waals surface area contributed by atoms with Gasteiger partial charge in [0.1, 0.15) is 10.6 Å². The number of alkyl halides is 3. The van der Waals surface area contributed by atoms with Gasteiger partial charge in [-0.05, 0) is 48.9 Å². The fourth-order valence-electron chi connectivity index (χ4n) is 3.35. The van der Waals surface area contributed by atoms with Crippen LogP contribution in [0, 0.1) is 0 Å². The summed E-state index contributed by atoms with van der Waals surface area (Å²) in [6.45, 7) is 2.16. The van der Waals surface area contributed by atoms with E-state index in [9.17, 15) is 21.6 Å². The number of halogens is 4. The summed E-state index contributed by atoms with van der Waals surface area (Å²) >= 11 is 5.96. The Morgan fingerprint density at radius 2 is 1.73 bits per heavy atom. The van der Waals surface area contributed by atoms with Crippen LogP contribution >= 0.6 is 11.6 Å². The van der Waals surface area contributed by atoms with Crippen molar-refractivity contribution >= 4 is 21.6 Å². The van der Waals surface area contributed by atoms with E-state index in [0.717, 1.165) is 23.4 Å². The Morgan fingerprint density at radius 1 is 1.03 bits per heavy atom. The van der Waals surface area contributed by atoms with E-state index in [4.69, 9.17) is 16.3 Å². The van der Waals surface area contributed by atoms with Crippen LogP contribution in [-0.2, 0) is 22.7 Å². The Bertz CT molecular complexity index is 982. The van der Waals surface area contributed by atoms with E-state index in [1.54, 1.807) is 7.11 Å². The molecule has 2 aromatic rings. The van der Waals surface area contributed by atoms with E-state index in [0.29, 0.717) is 32.1 Å². The van der Waals surface area contributed by atoms with Gasteiger partial charge in [0.2, 0.25) is 10.0 Å². The molecule has 1 saturated heterocycles. The summed E-state index contributed by atoms with van der Waals surface area (Å²) < 4.78 is 71.5. The highest BCUT2D eigenvalue weighted by Crippen LogP contribution is 2.34. The second-order valence-corrected chi connectivity index (χ2v) is 9.34.